The van der Waals surface area contributed by atoms with Crippen molar-refractivity contribution in [3.05, 3.63) is 23.8 Å². The van der Waals surface area contributed by atoms with Crippen molar-refractivity contribution >= 4 is 35.8 Å². The molecule has 1 aliphatic rings. The Bertz CT molecular complexity index is 679. The van der Waals surface area contributed by atoms with Crippen molar-refractivity contribution in [2.45, 2.75) is 32.7 Å². The summed E-state index contributed by atoms with van der Waals surface area (Å²) >= 11 is 0. The van der Waals surface area contributed by atoms with Gasteiger partial charge in [-0.1, -0.05) is 6.07 Å². The van der Waals surface area contributed by atoms with Gasteiger partial charge in [-0.2, -0.15) is 0 Å². The first-order chi connectivity index (χ1) is 14.1. The fourth-order valence-electron chi connectivity index (χ4n) is 3.39. The number of rotatable bonds is 9. The highest BCUT2D eigenvalue weighted by Gasteiger charge is 2.23. The molecule has 9 heteroatoms. The predicted octanol–water partition coefficient (Wildman–Crippen LogP) is 2.00. The molecule has 0 radical (unpaired) electrons. The van der Waals surface area contributed by atoms with E-state index in [-0.39, 0.29) is 43.1 Å². The van der Waals surface area contributed by atoms with Crippen LogP contribution in [0.5, 0.6) is 11.5 Å². The van der Waals surface area contributed by atoms with E-state index in [9.17, 15) is 4.79 Å². The molecule has 1 aliphatic heterocycles. The SMILES string of the molecule is CCNC(=NCc1ccc(OCCO)c(OC)c1)N1CCC(CC(=O)NC)CC1.I. The summed E-state index contributed by atoms with van der Waals surface area (Å²) in [6, 6.07) is 5.71. The zero-order chi connectivity index (χ0) is 21.1. The van der Waals surface area contributed by atoms with Gasteiger partial charge in [-0.15, -0.1) is 24.0 Å². The van der Waals surface area contributed by atoms with Crippen molar-refractivity contribution in [2.75, 3.05) is 47.0 Å². The molecule has 1 saturated heterocycles. The molecule has 1 heterocycles. The molecule has 0 saturated carbocycles. The zero-order valence-corrected chi connectivity index (χ0v) is 20.5. The number of likely N-dealkylation sites (tertiary alicyclic amines) is 1. The number of methoxy groups -OCH3 is 1. The molecule has 170 valence electrons. The van der Waals surface area contributed by atoms with E-state index in [1.54, 1.807) is 14.2 Å². The van der Waals surface area contributed by atoms with Crippen molar-refractivity contribution in [1.29, 1.82) is 0 Å². The number of guanidine groups is 1. The number of piperidine rings is 1. The molecule has 1 fully saturated rings. The highest BCUT2D eigenvalue weighted by Crippen LogP contribution is 2.28. The van der Waals surface area contributed by atoms with Crippen molar-refractivity contribution < 1.29 is 19.4 Å². The van der Waals surface area contributed by atoms with Gasteiger partial charge in [0, 0.05) is 33.1 Å². The number of aliphatic hydroxyl groups is 1. The van der Waals surface area contributed by atoms with Crippen molar-refractivity contribution in [3.63, 3.8) is 0 Å². The van der Waals surface area contributed by atoms with E-state index in [1.165, 1.54) is 0 Å². The van der Waals surface area contributed by atoms with Gasteiger partial charge in [-0.3, -0.25) is 4.79 Å². The first-order valence-corrected chi connectivity index (χ1v) is 10.3. The van der Waals surface area contributed by atoms with Crippen molar-refractivity contribution in [2.24, 2.45) is 10.9 Å². The number of ether oxygens (including phenoxy) is 2. The van der Waals surface area contributed by atoms with E-state index in [1.807, 2.05) is 18.2 Å². The number of hydrogen-bond acceptors (Lipinski definition) is 5. The highest BCUT2D eigenvalue weighted by atomic mass is 127. The summed E-state index contributed by atoms with van der Waals surface area (Å²) in [7, 11) is 3.29. The summed E-state index contributed by atoms with van der Waals surface area (Å²) in [5, 5.41) is 15.0. The summed E-state index contributed by atoms with van der Waals surface area (Å²) in [4.78, 5) is 18.7. The number of nitrogens with one attached hydrogen (secondary N) is 2. The number of benzene rings is 1. The number of aliphatic imine (C=N–C) groups is 1. The van der Waals surface area contributed by atoms with Crippen LogP contribution in [0.2, 0.25) is 0 Å². The Balaban J connectivity index is 0.00000450. The first-order valence-electron chi connectivity index (χ1n) is 10.3. The second kappa shape index (κ2) is 14.3. The number of carbonyl (C=O) groups is 1. The Morgan fingerprint density at radius 3 is 2.63 bits per heavy atom. The van der Waals surface area contributed by atoms with Gasteiger partial charge < -0.3 is 30.1 Å². The molecular weight excluding hydrogens is 499 g/mol. The van der Waals surface area contributed by atoms with Crippen LogP contribution in [0.4, 0.5) is 0 Å². The molecule has 0 spiro atoms. The quantitative estimate of drug-likeness (QED) is 0.255. The van der Waals surface area contributed by atoms with Gasteiger partial charge in [0.05, 0.1) is 20.3 Å². The molecule has 0 unspecified atom stereocenters. The van der Waals surface area contributed by atoms with Gasteiger partial charge >= 0.3 is 0 Å². The topological polar surface area (TPSA) is 95.4 Å². The third kappa shape index (κ3) is 8.17. The summed E-state index contributed by atoms with van der Waals surface area (Å²) in [5.41, 5.74) is 1.02. The molecule has 3 N–H and O–H groups in total. The average Bonchev–Trinajstić information content (AvgIpc) is 2.75. The lowest BCUT2D eigenvalue weighted by molar-refractivity contribution is -0.121. The van der Waals surface area contributed by atoms with E-state index in [0.717, 1.165) is 44.0 Å². The van der Waals surface area contributed by atoms with Gasteiger partial charge in [0.2, 0.25) is 5.91 Å². The number of carbonyl (C=O) groups excluding carboxylic acids is 1. The Morgan fingerprint density at radius 2 is 2.03 bits per heavy atom. The predicted molar refractivity (Wildman–Crippen MR) is 129 cm³/mol. The summed E-state index contributed by atoms with van der Waals surface area (Å²) < 4.78 is 10.9. The smallest absolute Gasteiger partial charge is 0.220 e. The Kier molecular flexibility index (Phi) is 12.5. The van der Waals surface area contributed by atoms with Crippen LogP contribution in [0.25, 0.3) is 0 Å². The number of hydrogen-bond donors (Lipinski definition) is 3. The number of amides is 1. The van der Waals surface area contributed by atoms with Gasteiger partial charge in [-0.05, 0) is 43.4 Å². The molecule has 0 aromatic heterocycles. The highest BCUT2D eigenvalue weighted by molar-refractivity contribution is 14.0. The van der Waals surface area contributed by atoms with Gasteiger partial charge in [0.1, 0.15) is 6.61 Å². The molecule has 1 aromatic rings. The summed E-state index contributed by atoms with van der Waals surface area (Å²) in [6.45, 7) is 5.36. The molecule has 1 amide bonds. The normalized spacial score (nSPS) is 14.7. The Hall–Kier alpha value is -1.75. The standard InChI is InChI=1S/C21H34N4O4.HI/c1-4-23-21(25-9-7-16(8-10-25)14-20(27)22-2)24-15-17-5-6-18(29-12-11-26)19(13-17)28-3;/h5-6,13,16,26H,4,7-12,14-15H2,1-3H3,(H,22,27)(H,23,24);1H. The Morgan fingerprint density at radius 1 is 1.30 bits per heavy atom. The molecule has 30 heavy (non-hydrogen) atoms. The largest absolute Gasteiger partial charge is 0.493 e. The minimum atomic E-state index is -0.0406. The van der Waals surface area contributed by atoms with E-state index >= 15 is 0 Å². The van der Waals surface area contributed by atoms with Gasteiger partial charge in [-0.25, -0.2) is 4.99 Å². The molecule has 1 aromatic carbocycles. The van der Waals surface area contributed by atoms with Crippen LogP contribution in [0.1, 0.15) is 31.7 Å². The van der Waals surface area contributed by atoms with E-state index in [4.69, 9.17) is 19.6 Å². The molecule has 8 nitrogen and oxygen atoms in total. The zero-order valence-electron chi connectivity index (χ0n) is 18.1. The van der Waals surface area contributed by atoms with Crippen LogP contribution in [0.3, 0.4) is 0 Å². The van der Waals surface area contributed by atoms with Crippen molar-refractivity contribution in [3.8, 4) is 11.5 Å². The fourth-order valence-corrected chi connectivity index (χ4v) is 3.39. The Labute approximate surface area is 196 Å². The second-order valence-electron chi connectivity index (χ2n) is 7.04. The monoisotopic (exact) mass is 534 g/mol. The molecule has 0 aliphatic carbocycles. The number of halogens is 1. The maximum absolute atomic E-state index is 11.6. The molecule has 0 bridgehead atoms. The van der Waals surface area contributed by atoms with Crippen LogP contribution < -0.4 is 20.1 Å². The van der Waals surface area contributed by atoms with Crippen LogP contribution in [-0.4, -0.2) is 68.9 Å². The first kappa shape index (κ1) is 26.3. The third-order valence-electron chi connectivity index (χ3n) is 4.99. The number of aliphatic hydroxyl groups excluding tert-OH is 1. The summed E-state index contributed by atoms with van der Waals surface area (Å²) in [5.74, 6) is 2.69. The van der Waals surface area contributed by atoms with Gasteiger partial charge in [0.25, 0.3) is 0 Å². The van der Waals surface area contributed by atoms with Crippen LogP contribution in [0.15, 0.2) is 23.2 Å². The minimum absolute atomic E-state index is 0. The fraction of sp³-hybridized carbons (Fsp3) is 0.619. The maximum Gasteiger partial charge on any atom is 0.220 e. The molecule has 2 rings (SSSR count). The van der Waals surface area contributed by atoms with Crippen LogP contribution in [0, 0.1) is 5.92 Å². The molecule has 0 atom stereocenters. The van der Waals surface area contributed by atoms with Crippen molar-refractivity contribution in [1.82, 2.24) is 15.5 Å². The van der Waals surface area contributed by atoms with Gasteiger partial charge in [0.15, 0.2) is 17.5 Å². The maximum atomic E-state index is 11.6. The number of nitrogens with zero attached hydrogens (tertiary/aromatic N) is 2. The second-order valence-corrected chi connectivity index (χ2v) is 7.04. The third-order valence-corrected chi connectivity index (χ3v) is 4.99. The van der Waals surface area contributed by atoms with E-state index < -0.39 is 0 Å². The van der Waals surface area contributed by atoms with E-state index in [0.29, 0.717) is 30.4 Å². The average molecular weight is 534 g/mol. The summed E-state index contributed by atoms with van der Waals surface area (Å²) in [6.07, 6.45) is 2.58. The van der Waals surface area contributed by atoms with Crippen LogP contribution >= 0.6 is 24.0 Å². The molecular formula is C21H35IN4O4. The lowest BCUT2D eigenvalue weighted by atomic mass is 9.93. The van der Waals surface area contributed by atoms with Crippen LogP contribution in [-0.2, 0) is 11.3 Å². The lowest BCUT2D eigenvalue weighted by Gasteiger charge is -2.34. The minimum Gasteiger partial charge on any atom is -0.493 e. The lowest BCUT2D eigenvalue weighted by Crippen LogP contribution is -2.46. The van der Waals surface area contributed by atoms with E-state index in [2.05, 4.69) is 22.5 Å².